The first-order valence-electron chi connectivity index (χ1n) is 6.41. The van der Waals surface area contributed by atoms with Gasteiger partial charge < -0.3 is 14.4 Å². The van der Waals surface area contributed by atoms with Gasteiger partial charge in [-0.1, -0.05) is 6.92 Å². The number of rotatable bonds is 4. The van der Waals surface area contributed by atoms with E-state index in [0.29, 0.717) is 6.10 Å². The SMILES string of the molecule is CCCOC1CC(N(C)C(=O)OC(C)(C)C)C1. The van der Waals surface area contributed by atoms with Crippen molar-refractivity contribution in [3.05, 3.63) is 0 Å². The van der Waals surface area contributed by atoms with Gasteiger partial charge in [0.15, 0.2) is 0 Å². The van der Waals surface area contributed by atoms with Gasteiger partial charge in [-0.25, -0.2) is 4.79 Å². The third-order valence-corrected chi connectivity index (χ3v) is 2.86. The molecule has 0 spiro atoms. The van der Waals surface area contributed by atoms with Gasteiger partial charge in [0.25, 0.3) is 0 Å². The summed E-state index contributed by atoms with van der Waals surface area (Å²) < 4.78 is 10.9. The Morgan fingerprint density at radius 3 is 2.41 bits per heavy atom. The molecule has 0 saturated heterocycles. The molecule has 0 aromatic rings. The standard InChI is InChI=1S/C13H25NO3/c1-6-7-16-11-8-10(9-11)14(5)12(15)17-13(2,3)4/h10-11H,6-9H2,1-5H3. The van der Waals surface area contributed by atoms with Gasteiger partial charge >= 0.3 is 6.09 Å². The number of amides is 1. The first kappa shape index (κ1) is 14.3. The van der Waals surface area contributed by atoms with E-state index in [1.165, 1.54) is 0 Å². The summed E-state index contributed by atoms with van der Waals surface area (Å²) in [5, 5.41) is 0. The Hall–Kier alpha value is -0.770. The van der Waals surface area contributed by atoms with Crippen LogP contribution >= 0.6 is 0 Å². The summed E-state index contributed by atoms with van der Waals surface area (Å²) in [6, 6.07) is 0.270. The maximum atomic E-state index is 11.8. The second-order valence-electron chi connectivity index (χ2n) is 5.71. The van der Waals surface area contributed by atoms with Crippen LogP contribution in [0.2, 0.25) is 0 Å². The van der Waals surface area contributed by atoms with Crippen LogP contribution in [0.5, 0.6) is 0 Å². The third-order valence-electron chi connectivity index (χ3n) is 2.86. The Bertz CT molecular complexity index is 254. The van der Waals surface area contributed by atoms with Crippen molar-refractivity contribution in [2.24, 2.45) is 0 Å². The zero-order valence-corrected chi connectivity index (χ0v) is 11.7. The smallest absolute Gasteiger partial charge is 0.410 e. The first-order valence-corrected chi connectivity index (χ1v) is 6.41. The van der Waals surface area contributed by atoms with Crippen LogP contribution in [0.15, 0.2) is 0 Å². The molecule has 0 aromatic heterocycles. The molecular weight excluding hydrogens is 218 g/mol. The average Bonchev–Trinajstić information content (AvgIpc) is 2.12. The summed E-state index contributed by atoms with van der Waals surface area (Å²) in [4.78, 5) is 13.5. The molecule has 1 fully saturated rings. The van der Waals surface area contributed by atoms with Crippen molar-refractivity contribution in [1.82, 2.24) is 4.90 Å². The summed E-state index contributed by atoms with van der Waals surface area (Å²) in [7, 11) is 1.80. The van der Waals surface area contributed by atoms with E-state index in [1.54, 1.807) is 11.9 Å². The molecule has 4 nitrogen and oxygen atoms in total. The second-order valence-corrected chi connectivity index (χ2v) is 5.71. The number of carbonyl (C=O) groups is 1. The van der Waals surface area contributed by atoms with Crippen molar-refractivity contribution in [1.29, 1.82) is 0 Å². The summed E-state index contributed by atoms with van der Waals surface area (Å²) in [5.74, 6) is 0. The minimum Gasteiger partial charge on any atom is -0.444 e. The number of nitrogens with zero attached hydrogens (tertiary/aromatic N) is 1. The predicted octanol–water partition coefficient (Wildman–Crippen LogP) is 2.81. The Labute approximate surface area is 104 Å². The summed E-state index contributed by atoms with van der Waals surface area (Å²) in [5.41, 5.74) is -0.423. The second kappa shape index (κ2) is 5.71. The van der Waals surface area contributed by atoms with Crippen LogP contribution in [0.3, 0.4) is 0 Å². The molecule has 1 aliphatic carbocycles. The molecule has 0 N–H and O–H groups in total. The van der Waals surface area contributed by atoms with Crippen LogP contribution in [0.25, 0.3) is 0 Å². The molecule has 0 aromatic carbocycles. The lowest BCUT2D eigenvalue weighted by molar-refractivity contribution is -0.0508. The molecule has 1 rings (SSSR count). The lowest BCUT2D eigenvalue weighted by atomic mass is 9.88. The zero-order chi connectivity index (χ0) is 13.1. The highest BCUT2D eigenvalue weighted by Gasteiger charge is 2.36. The van der Waals surface area contributed by atoms with E-state index in [9.17, 15) is 4.79 Å². The lowest BCUT2D eigenvalue weighted by Crippen LogP contribution is -2.50. The van der Waals surface area contributed by atoms with Gasteiger partial charge in [0.1, 0.15) is 5.60 Å². The minimum atomic E-state index is -0.423. The lowest BCUT2D eigenvalue weighted by Gasteiger charge is -2.41. The van der Waals surface area contributed by atoms with Crippen LogP contribution in [0.4, 0.5) is 4.79 Å². The quantitative estimate of drug-likeness (QED) is 0.762. The molecule has 0 aliphatic heterocycles. The highest BCUT2D eigenvalue weighted by molar-refractivity contribution is 5.68. The van der Waals surface area contributed by atoms with E-state index in [1.807, 2.05) is 20.8 Å². The van der Waals surface area contributed by atoms with Crippen molar-refractivity contribution < 1.29 is 14.3 Å². The van der Waals surface area contributed by atoms with Gasteiger partial charge in [-0.3, -0.25) is 0 Å². The van der Waals surface area contributed by atoms with E-state index in [4.69, 9.17) is 9.47 Å². The van der Waals surface area contributed by atoms with E-state index < -0.39 is 5.60 Å². The highest BCUT2D eigenvalue weighted by atomic mass is 16.6. The predicted molar refractivity (Wildman–Crippen MR) is 67.1 cm³/mol. The van der Waals surface area contributed by atoms with E-state index in [2.05, 4.69) is 6.92 Å². The van der Waals surface area contributed by atoms with Crippen molar-refractivity contribution in [3.63, 3.8) is 0 Å². The highest BCUT2D eigenvalue weighted by Crippen LogP contribution is 2.28. The molecule has 17 heavy (non-hydrogen) atoms. The number of ether oxygens (including phenoxy) is 2. The molecule has 1 amide bonds. The third kappa shape index (κ3) is 4.54. The van der Waals surface area contributed by atoms with Gasteiger partial charge in [0, 0.05) is 19.7 Å². The van der Waals surface area contributed by atoms with E-state index in [-0.39, 0.29) is 12.1 Å². The maximum Gasteiger partial charge on any atom is 0.410 e. The first-order chi connectivity index (χ1) is 7.83. The zero-order valence-electron chi connectivity index (χ0n) is 11.7. The van der Waals surface area contributed by atoms with Crippen LogP contribution in [0, 0.1) is 0 Å². The van der Waals surface area contributed by atoms with Gasteiger partial charge in [-0.15, -0.1) is 0 Å². The van der Waals surface area contributed by atoms with Crippen molar-refractivity contribution >= 4 is 6.09 Å². The van der Waals surface area contributed by atoms with Crippen LogP contribution in [-0.2, 0) is 9.47 Å². The number of hydrogen-bond acceptors (Lipinski definition) is 3. The fourth-order valence-corrected chi connectivity index (χ4v) is 1.76. The average molecular weight is 243 g/mol. The van der Waals surface area contributed by atoms with Crippen LogP contribution < -0.4 is 0 Å². The molecule has 0 bridgehead atoms. The number of carbonyl (C=O) groups excluding carboxylic acids is 1. The molecule has 4 heteroatoms. The Morgan fingerprint density at radius 1 is 1.35 bits per heavy atom. The monoisotopic (exact) mass is 243 g/mol. The molecular formula is C13H25NO3. The molecule has 0 radical (unpaired) electrons. The van der Waals surface area contributed by atoms with Gasteiger partial charge in [0.2, 0.25) is 0 Å². The van der Waals surface area contributed by atoms with Gasteiger partial charge in [-0.2, -0.15) is 0 Å². The topological polar surface area (TPSA) is 38.8 Å². The molecule has 0 unspecified atom stereocenters. The normalized spacial score (nSPS) is 24.1. The minimum absolute atomic E-state index is 0.239. The summed E-state index contributed by atoms with van der Waals surface area (Å²) >= 11 is 0. The van der Waals surface area contributed by atoms with Crippen molar-refractivity contribution in [2.75, 3.05) is 13.7 Å². The fourth-order valence-electron chi connectivity index (χ4n) is 1.76. The van der Waals surface area contributed by atoms with Gasteiger partial charge in [-0.05, 0) is 40.0 Å². The van der Waals surface area contributed by atoms with E-state index in [0.717, 1.165) is 25.9 Å². The largest absolute Gasteiger partial charge is 0.444 e. The van der Waals surface area contributed by atoms with Crippen molar-refractivity contribution in [2.45, 2.75) is 64.7 Å². The fraction of sp³-hybridized carbons (Fsp3) is 0.923. The van der Waals surface area contributed by atoms with E-state index >= 15 is 0 Å². The number of hydrogen-bond donors (Lipinski definition) is 0. The molecule has 0 atom stereocenters. The Balaban J connectivity index is 2.27. The maximum absolute atomic E-state index is 11.8. The Morgan fingerprint density at radius 2 is 1.94 bits per heavy atom. The molecule has 0 heterocycles. The van der Waals surface area contributed by atoms with Crippen molar-refractivity contribution in [3.8, 4) is 0 Å². The van der Waals surface area contributed by atoms with Crippen LogP contribution in [0.1, 0.15) is 47.0 Å². The summed E-state index contributed by atoms with van der Waals surface area (Å²) in [6.45, 7) is 8.56. The van der Waals surface area contributed by atoms with Gasteiger partial charge in [0.05, 0.1) is 6.10 Å². The van der Waals surface area contributed by atoms with Crippen LogP contribution in [-0.4, -0.2) is 42.4 Å². The molecule has 1 saturated carbocycles. The molecule has 1 aliphatic rings. The Kier molecular flexibility index (Phi) is 4.80. The molecule has 100 valence electrons. The summed E-state index contributed by atoms with van der Waals surface area (Å²) in [6.07, 6.45) is 2.98.